The number of hydrogen-bond donors (Lipinski definition) is 3. The molecule has 2 amide bonds. The Kier molecular flexibility index (Phi) is 3.51. The summed E-state index contributed by atoms with van der Waals surface area (Å²) in [6.45, 7) is 3.03. The van der Waals surface area contributed by atoms with Gasteiger partial charge in [-0.25, -0.2) is 15.6 Å². The SMILES string of the molecule is C=NNC(=O)NNC. The highest BCUT2D eigenvalue weighted by molar-refractivity contribution is 5.73. The van der Waals surface area contributed by atoms with E-state index in [0.717, 1.165) is 0 Å². The van der Waals surface area contributed by atoms with E-state index < -0.39 is 6.03 Å². The Bertz CT molecular complexity index is 91.3. The Morgan fingerprint density at radius 1 is 1.75 bits per heavy atom. The quantitative estimate of drug-likeness (QED) is 0.321. The average Bonchev–Trinajstić information content (AvgIpc) is 1.68. The second-order valence-corrected chi connectivity index (χ2v) is 0.974. The largest absolute Gasteiger partial charge is 0.349 e. The minimum Gasteiger partial charge on any atom is -0.272 e. The molecule has 0 bridgehead atoms. The fourth-order valence-electron chi connectivity index (χ4n) is 0.213. The van der Waals surface area contributed by atoms with Gasteiger partial charge in [-0.15, -0.1) is 0 Å². The number of nitrogens with one attached hydrogen (secondary N) is 3. The zero-order valence-corrected chi connectivity index (χ0v) is 4.56. The van der Waals surface area contributed by atoms with Crippen molar-refractivity contribution in [2.45, 2.75) is 0 Å². The van der Waals surface area contributed by atoms with Crippen LogP contribution in [0.3, 0.4) is 0 Å². The van der Waals surface area contributed by atoms with E-state index in [1.807, 2.05) is 5.43 Å². The minimum atomic E-state index is -0.428. The first-order chi connectivity index (χ1) is 3.81. The zero-order chi connectivity index (χ0) is 6.41. The number of amides is 2. The Morgan fingerprint density at radius 3 is 2.75 bits per heavy atom. The highest BCUT2D eigenvalue weighted by Crippen LogP contribution is 1.55. The van der Waals surface area contributed by atoms with Gasteiger partial charge in [0.2, 0.25) is 0 Å². The van der Waals surface area contributed by atoms with Gasteiger partial charge in [0.25, 0.3) is 0 Å². The molecule has 0 aliphatic rings. The number of nitrogens with zero attached hydrogens (tertiary/aromatic N) is 1. The van der Waals surface area contributed by atoms with Crippen molar-refractivity contribution in [2.24, 2.45) is 5.10 Å². The number of urea groups is 1. The molecule has 0 heterocycles. The van der Waals surface area contributed by atoms with Gasteiger partial charge in [0.1, 0.15) is 0 Å². The van der Waals surface area contributed by atoms with Crippen LogP contribution >= 0.6 is 0 Å². The van der Waals surface area contributed by atoms with Gasteiger partial charge in [0, 0.05) is 13.8 Å². The Hall–Kier alpha value is -1.10. The van der Waals surface area contributed by atoms with Gasteiger partial charge in [-0.3, -0.25) is 5.43 Å². The molecule has 0 rings (SSSR count). The predicted octanol–water partition coefficient (Wildman–Crippen LogP) is -0.964. The lowest BCUT2D eigenvalue weighted by atomic mass is 11.1. The molecule has 0 fully saturated rings. The molecule has 0 saturated heterocycles. The van der Waals surface area contributed by atoms with Gasteiger partial charge in [-0.1, -0.05) is 0 Å². The lowest BCUT2D eigenvalue weighted by Crippen LogP contribution is -2.39. The molecule has 5 heteroatoms. The van der Waals surface area contributed by atoms with Crippen molar-refractivity contribution in [1.29, 1.82) is 0 Å². The fourth-order valence-corrected chi connectivity index (χ4v) is 0.213. The molecular weight excluding hydrogens is 108 g/mol. The molecule has 5 nitrogen and oxygen atoms in total. The van der Waals surface area contributed by atoms with E-state index in [-0.39, 0.29) is 0 Å². The van der Waals surface area contributed by atoms with E-state index in [1.54, 1.807) is 7.05 Å². The smallest absolute Gasteiger partial charge is 0.272 e. The van der Waals surface area contributed by atoms with E-state index in [0.29, 0.717) is 0 Å². The van der Waals surface area contributed by atoms with Crippen molar-refractivity contribution in [3.63, 3.8) is 0 Å². The van der Waals surface area contributed by atoms with E-state index in [1.165, 1.54) is 0 Å². The lowest BCUT2D eigenvalue weighted by Gasteiger charge is -1.97. The molecule has 0 aliphatic heterocycles. The van der Waals surface area contributed by atoms with Crippen molar-refractivity contribution in [1.82, 2.24) is 16.3 Å². The van der Waals surface area contributed by atoms with Crippen molar-refractivity contribution in [3.8, 4) is 0 Å². The van der Waals surface area contributed by atoms with Gasteiger partial charge in [0.05, 0.1) is 0 Å². The van der Waals surface area contributed by atoms with Crippen LogP contribution < -0.4 is 16.3 Å². The molecule has 8 heavy (non-hydrogen) atoms. The van der Waals surface area contributed by atoms with Crippen molar-refractivity contribution >= 4 is 12.7 Å². The zero-order valence-electron chi connectivity index (χ0n) is 4.56. The van der Waals surface area contributed by atoms with Crippen LogP contribution in [-0.4, -0.2) is 19.8 Å². The van der Waals surface area contributed by atoms with Gasteiger partial charge in [0.15, 0.2) is 0 Å². The first-order valence-corrected chi connectivity index (χ1v) is 1.99. The van der Waals surface area contributed by atoms with Gasteiger partial charge >= 0.3 is 6.03 Å². The molecule has 0 aromatic carbocycles. The number of carbonyl (C=O) groups is 1. The normalized spacial score (nSPS) is 7.62. The number of hydrazine groups is 1. The second-order valence-electron chi connectivity index (χ2n) is 0.974. The highest BCUT2D eigenvalue weighted by atomic mass is 16.2. The van der Waals surface area contributed by atoms with Crippen LogP contribution in [-0.2, 0) is 0 Å². The van der Waals surface area contributed by atoms with Crippen LogP contribution in [0, 0.1) is 0 Å². The van der Waals surface area contributed by atoms with Gasteiger partial charge in [-0.2, -0.15) is 5.10 Å². The number of carbonyl (C=O) groups excluding carboxylic acids is 1. The van der Waals surface area contributed by atoms with Crippen LogP contribution in [0.15, 0.2) is 5.10 Å². The maximum Gasteiger partial charge on any atom is 0.349 e. The molecule has 0 aliphatic carbocycles. The fraction of sp³-hybridized carbons (Fsp3) is 0.333. The molecule has 46 valence electrons. The topological polar surface area (TPSA) is 65.5 Å². The Morgan fingerprint density at radius 2 is 2.38 bits per heavy atom. The monoisotopic (exact) mass is 116 g/mol. The third-order valence-electron chi connectivity index (χ3n) is 0.419. The van der Waals surface area contributed by atoms with Crippen LogP contribution in [0.5, 0.6) is 0 Å². The summed E-state index contributed by atoms with van der Waals surface area (Å²) >= 11 is 0. The van der Waals surface area contributed by atoms with Gasteiger partial charge in [-0.05, 0) is 0 Å². The molecule has 3 N–H and O–H groups in total. The predicted molar refractivity (Wildman–Crippen MR) is 30.3 cm³/mol. The molecule has 0 unspecified atom stereocenters. The van der Waals surface area contributed by atoms with Gasteiger partial charge < -0.3 is 0 Å². The van der Waals surface area contributed by atoms with E-state index >= 15 is 0 Å². The summed E-state index contributed by atoms with van der Waals surface area (Å²) in [5, 5.41) is 3.10. The summed E-state index contributed by atoms with van der Waals surface area (Å²) in [5.41, 5.74) is 6.66. The standard InChI is InChI=1S/C3H8N4O/c1-4-6-3(8)7-5-2/h5H,1H2,2H3,(H2,6,7,8). The Labute approximate surface area is 47.1 Å². The molecule has 0 saturated carbocycles. The summed E-state index contributed by atoms with van der Waals surface area (Å²) in [7, 11) is 1.57. The lowest BCUT2D eigenvalue weighted by molar-refractivity contribution is 0.238. The summed E-state index contributed by atoms with van der Waals surface area (Å²) in [6, 6.07) is -0.428. The minimum absolute atomic E-state index is 0.428. The second kappa shape index (κ2) is 4.07. The van der Waals surface area contributed by atoms with E-state index in [2.05, 4.69) is 22.7 Å². The Balaban J connectivity index is 3.18. The van der Waals surface area contributed by atoms with E-state index in [4.69, 9.17) is 0 Å². The highest BCUT2D eigenvalue weighted by Gasteiger charge is 1.89. The molecule has 0 aromatic rings. The first kappa shape index (κ1) is 6.90. The van der Waals surface area contributed by atoms with Crippen LogP contribution in [0.1, 0.15) is 0 Å². The number of rotatable bonds is 2. The first-order valence-electron chi connectivity index (χ1n) is 1.99. The van der Waals surface area contributed by atoms with Crippen LogP contribution in [0.25, 0.3) is 0 Å². The molecule has 0 spiro atoms. The molecular formula is C3H8N4O. The van der Waals surface area contributed by atoms with Crippen molar-refractivity contribution < 1.29 is 4.79 Å². The third kappa shape index (κ3) is 3.10. The molecule has 0 atom stereocenters. The van der Waals surface area contributed by atoms with Crippen LogP contribution in [0.4, 0.5) is 4.79 Å². The number of hydrogen-bond acceptors (Lipinski definition) is 3. The third-order valence-corrected chi connectivity index (χ3v) is 0.419. The average molecular weight is 116 g/mol. The summed E-state index contributed by atoms with van der Waals surface area (Å²) < 4.78 is 0. The van der Waals surface area contributed by atoms with Crippen LogP contribution in [0.2, 0.25) is 0 Å². The number of hydrazone groups is 1. The summed E-state index contributed by atoms with van der Waals surface area (Å²) in [6.07, 6.45) is 0. The molecule has 0 aromatic heterocycles. The summed E-state index contributed by atoms with van der Waals surface area (Å²) in [4.78, 5) is 10.2. The van der Waals surface area contributed by atoms with Crippen molar-refractivity contribution in [3.05, 3.63) is 0 Å². The van der Waals surface area contributed by atoms with Crippen molar-refractivity contribution in [2.75, 3.05) is 7.05 Å². The molecule has 0 radical (unpaired) electrons. The van der Waals surface area contributed by atoms with E-state index in [9.17, 15) is 4.79 Å². The maximum absolute atomic E-state index is 10.2. The maximum atomic E-state index is 10.2. The summed E-state index contributed by atoms with van der Waals surface area (Å²) in [5.74, 6) is 0.